The van der Waals surface area contributed by atoms with Gasteiger partial charge >= 0.3 is 5.97 Å². The van der Waals surface area contributed by atoms with Crippen LogP contribution in [0.3, 0.4) is 0 Å². The van der Waals surface area contributed by atoms with Gasteiger partial charge in [-0.25, -0.2) is 4.79 Å². The summed E-state index contributed by atoms with van der Waals surface area (Å²) in [5.41, 5.74) is -1.03. The lowest BCUT2D eigenvalue weighted by Gasteiger charge is -2.31. The van der Waals surface area contributed by atoms with Gasteiger partial charge in [0.25, 0.3) is 0 Å². The Morgan fingerprint density at radius 3 is 2.11 bits per heavy atom. The quantitative estimate of drug-likeness (QED) is 0.754. The molecule has 1 saturated carbocycles. The highest BCUT2D eigenvalue weighted by Gasteiger charge is 2.41. The molecule has 2 atom stereocenters. The molecule has 1 aliphatic rings. The van der Waals surface area contributed by atoms with Crippen LogP contribution in [0, 0.1) is 11.8 Å². The Balaban J connectivity index is 2.78. The second-order valence-corrected chi connectivity index (χ2v) is 5.96. The third kappa shape index (κ3) is 3.95. The summed E-state index contributed by atoms with van der Waals surface area (Å²) in [5.74, 6) is -0.848. The monoisotopic (exact) mass is 269 g/mol. The molecule has 0 aromatic carbocycles. The Kier molecular flexibility index (Phi) is 5.83. The van der Waals surface area contributed by atoms with Gasteiger partial charge in [-0.3, -0.25) is 4.79 Å². The summed E-state index contributed by atoms with van der Waals surface area (Å²) in [5, 5.41) is 12.4. The molecular formula is C15H27NO3. The van der Waals surface area contributed by atoms with Crippen molar-refractivity contribution < 1.29 is 14.7 Å². The van der Waals surface area contributed by atoms with E-state index in [9.17, 15) is 14.7 Å². The van der Waals surface area contributed by atoms with Crippen molar-refractivity contribution in [2.24, 2.45) is 11.8 Å². The largest absolute Gasteiger partial charge is 0.480 e. The van der Waals surface area contributed by atoms with Crippen molar-refractivity contribution in [1.82, 2.24) is 5.32 Å². The smallest absolute Gasteiger partial charge is 0.329 e. The van der Waals surface area contributed by atoms with Crippen LogP contribution < -0.4 is 5.32 Å². The van der Waals surface area contributed by atoms with Gasteiger partial charge < -0.3 is 10.4 Å². The SMILES string of the molecule is CCC(C)C(C)C(=O)NC1(C(=O)O)CCCCCC1. The molecule has 0 radical (unpaired) electrons. The first-order chi connectivity index (χ1) is 8.93. The first kappa shape index (κ1) is 16.0. The van der Waals surface area contributed by atoms with E-state index in [1.807, 2.05) is 20.8 Å². The maximum Gasteiger partial charge on any atom is 0.329 e. The van der Waals surface area contributed by atoms with Crippen molar-refractivity contribution in [3.8, 4) is 0 Å². The molecule has 0 aromatic heterocycles. The number of rotatable bonds is 5. The summed E-state index contributed by atoms with van der Waals surface area (Å²) in [4.78, 5) is 23.9. The first-order valence-corrected chi connectivity index (χ1v) is 7.48. The van der Waals surface area contributed by atoms with Crippen LogP contribution in [0.4, 0.5) is 0 Å². The van der Waals surface area contributed by atoms with Gasteiger partial charge in [0.1, 0.15) is 5.54 Å². The topological polar surface area (TPSA) is 66.4 Å². The Morgan fingerprint density at radius 1 is 1.16 bits per heavy atom. The minimum atomic E-state index is -1.03. The minimum absolute atomic E-state index is 0.112. The normalized spacial score (nSPS) is 22.1. The zero-order valence-corrected chi connectivity index (χ0v) is 12.4. The Morgan fingerprint density at radius 2 is 1.68 bits per heavy atom. The maximum atomic E-state index is 12.3. The van der Waals surface area contributed by atoms with Gasteiger partial charge in [0.05, 0.1) is 0 Å². The molecule has 4 heteroatoms. The summed E-state index contributed by atoms with van der Waals surface area (Å²) < 4.78 is 0. The van der Waals surface area contributed by atoms with E-state index in [2.05, 4.69) is 5.32 Å². The molecule has 1 amide bonds. The van der Waals surface area contributed by atoms with Crippen molar-refractivity contribution in [2.45, 2.75) is 71.3 Å². The molecule has 2 N–H and O–H groups in total. The standard InChI is InChI=1S/C15H27NO3/c1-4-11(2)12(3)13(17)16-15(14(18)19)9-7-5-6-8-10-15/h11-12H,4-10H2,1-3H3,(H,16,17)(H,18,19). The molecule has 0 heterocycles. The van der Waals surface area contributed by atoms with Crippen LogP contribution in [0.1, 0.15) is 65.7 Å². The van der Waals surface area contributed by atoms with E-state index in [1.165, 1.54) is 0 Å². The van der Waals surface area contributed by atoms with Crippen LogP contribution in [-0.4, -0.2) is 22.5 Å². The predicted octanol–water partition coefficient (Wildman–Crippen LogP) is 2.96. The molecule has 0 aromatic rings. The van der Waals surface area contributed by atoms with Crippen LogP contribution in [0.2, 0.25) is 0 Å². The zero-order chi connectivity index (χ0) is 14.5. The van der Waals surface area contributed by atoms with Crippen LogP contribution in [0.5, 0.6) is 0 Å². The number of aliphatic carboxylic acids is 1. The van der Waals surface area contributed by atoms with Crippen LogP contribution in [0.25, 0.3) is 0 Å². The van der Waals surface area contributed by atoms with Crippen molar-refractivity contribution in [1.29, 1.82) is 0 Å². The Labute approximate surface area is 116 Å². The average molecular weight is 269 g/mol. The van der Waals surface area contributed by atoms with Crippen molar-refractivity contribution >= 4 is 11.9 Å². The molecule has 1 fully saturated rings. The highest BCUT2D eigenvalue weighted by atomic mass is 16.4. The van der Waals surface area contributed by atoms with E-state index in [-0.39, 0.29) is 17.7 Å². The molecule has 0 aliphatic heterocycles. The highest BCUT2D eigenvalue weighted by Crippen LogP contribution is 2.28. The summed E-state index contributed by atoms with van der Waals surface area (Å²) >= 11 is 0. The van der Waals surface area contributed by atoms with E-state index in [1.54, 1.807) is 0 Å². The summed E-state index contributed by atoms with van der Waals surface area (Å²) in [6, 6.07) is 0. The number of carbonyl (C=O) groups excluding carboxylic acids is 1. The van der Waals surface area contributed by atoms with E-state index in [4.69, 9.17) is 0 Å². The third-order valence-electron chi connectivity index (χ3n) is 4.64. The summed E-state index contributed by atoms with van der Waals surface area (Å²) in [6.07, 6.45) is 5.92. The Bertz CT molecular complexity index is 319. The second-order valence-electron chi connectivity index (χ2n) is 5.96. The fourth-order valence-corrected chi connectivity index (χ4v) is 2.69. The van der Waals surface area contributed by atoms with E-state index in [0.717, 1.165) is 32.1 Å². The number of hydrogen-bond acceptors (Lipinski definition) is 2. The van der Waals surface area contributed by atoms with Crippen LogP contribution >= 0.6 is 0 Å². The fraction of sp³-hybridized carbons (Fsp3) is 0.867. The number of carboxylic acid groups (broad SMARTS) is 1. The molecule has 1 aliphatic carbocycles. The molecule has 2 unspecified atom stereocenters. The van der Waals surface area contributed by atoms with Crippen LogP contribution in [-0.2, 0) is 9.59 Å². The second kappa shape index (κ2) is 6.92. The highest BCUT2D eigenvalue weighted by molar-refractivity contribution is 5.88. The van der Waals surface area contributed by atoms with Gasteiger partial charge in [0.2, 0.25) is 5.91 Å². The third-order valence-corrected chi connectivity index (χ3v) is 4.64. The molecule has 0 saturated heterocycles. The first-order valence-electron chi connectivity index (χ1n) is 7.48. The van der Waals surface area contributed by atoms with E-state index < -0.39 is 11.5 Å². The molecule has 1 rings (SSSR count). The molecule has 0 bridgehead atoms. The number of carboxylic acids is 1. The van der Waals surface area contributed by atoms with Gasteiger partial charge in [-0.2, -0.15) is 0 Å². The number of amides is 1. The molecule has 110 valence electrons. The zero-order valence-electron chi connectivity index (χ0n) is 12.4. The summed E-state index contributed by atoms with van der Waals surface area (Å²) in [7, 11) is 0. The molecule has 0 spiro atoms. The average Bonchev–Trinajstić information content (AvgIpc) is 2.63. The van der Waals surface area contributed by atoms with E-state index in [0.29, 0.717) is 12.8 Å². The fourth-order valence-electron chi connectivity index (χ4n) is 2.69. The number of nitrogens with one attached hydrogen (secondary N) is 1. The van der Waals surface area contributed by atoms with Gasteiger partial charge in [-0.15, -0.1) is 0 Å². The van der Waals surface area contributed by atoms with Gasteiger partial charge in [0.15, 0.2) is 0 Å². The van der Waals surface area contributed by atoms with Gasteiger partial charge in [-0.1, -0.05) is 52.9 Å². The molecule has 19 heavy (non-hydrogen) atoms. The lowest BCUT2D eigenvalue weighted by molar-refractivity contribution is -0.149. The lowest BCUT2D eigenvalue weighted by Crippen LogP contribution is -2.56. The number of hydrogen-bond donors (Lipinski definition) is 2. The van der Waals surface area contributed by atoms with Gasteiger partial charge in [0, 0.05) is 5.92 Å². The maximum absolute atomic E-state index is 12.3. The van der Waals surface area contributed by atoms with Crippen LogP contribution in [0.15, 0.2) is 0 Å². The molecular weight excluding hydrogens is 242 g/mol. The Hall–Kier alpha value is -1.06. The number of carbonyl (C=O) groups is 2. The molecule has 4 nitrogen and oxygen atoms in total. The van der Waals surface area contributed by atoms with E-state index >= 15 is 0 Å². The summed E-state index contributed by atoms with van der Waals surface area (Å²) in [6.45, 7) is 5.97. The van der Waals surface area contributed by atoms with Crippen molar-refractivity contribution in [3.63, 3.8) is 0 Å². The minimum Gasteiger partial charge on any atom is -0.480 e. The van der Waals surface area contributed by atoms with Crippen molar-refractivity contribution in [3.05, 3.63) is 0 Å². The predicted molar refractivity (Wildman–Crippen MR) is 74.8 cm³/mol. The lowest BCUT2D eigenvalue weighted by atomic mass is 9.87. The van der Waals surface area contributed by atoms with Gasteiger partial charge in [-0.05, 0) is 18.8 Å². The van der Waals surface area contributed by atoms with Crippen molar-refractivity contribution in [2.75, 3.05) is 0 Å².